The van der Waals surface area contributed by atoms with E-state index in [1.165, 1.54) is 5.92 Å². The summed E-state index contributed by atoms with van der Waals surface area (Å²) in [6, 6.07) is 0. The van der Waals surface area contributed by atoms with E-state index in [0.29, 0.717) is 6.54 Å². The predicted molar refractivity (Wildman–Crippen MR) is 36.0 cm³/mol. The molecular weight excluding hydrogens is 295 g/mol. The fourth-order valence-electron chi connectivity index (χ4n) is 0.158. The summed E-state index contributed by atoms with van der Waals surface area (Å²) in [5.74, 6) is 1.19. The summed E-state index contributed by atoms with van der Waals surface area (Å²) in [7, 11) is 0. The molecule has 57 valence electrons. The van der Waals surface area contributed by atoms with E-state index >= 15 is 0 Å². The molecule has 0 heterocycles. The summed E-state index contributed by atoms with van der Waals surface area (Å²) in [6.07, 6.45) is 0. The van der Waals surface area contributed by atoms with Crippen molar-refractivity contribution in [2.75, 3.05) is 6.54 Å². The van der Waals surface area contributed by atoms with Crippen molar-refractivity contribution in [3.05, 3.63) is 30.5 Å². The second-order valence-electron chi connectivity index (χ2n) is 1.52. The molecule has 0 amide bonds. The molecule has 0 rings (SSSR count). The van der Waals surface area contributed by atoms with Crippen molar-refractivity contribution < 1.29 is 22.4 Å². The molecule has 0 aromatic carbocycles. The van der Waals surface area contributed by atoms with Crippen LogP contribution in [0.15, 0.2) is 6.58 Å². The Labute approximate surface area is 73.5 Å². The fraction of sp³-hybridized carbons (Fsp3) is 0.429. The number of hydrogen-bond donors (Lipinski definition) is 0. The molecule has 9 heavy (non-hydrogen) atoms. The minimum absolute atomic E-state index is 0. The van der Waals surface area contributed by atoms with Crippen LogP contribution in [0.4, 0.5) is 0 Å². The molecule has 0 aliphatic carbocycles. The fourth-order valence-corrected chi connectivity index (χ4v) is 0.158. The smallest absolute Gasteiger partial charge is 0.103 e. The monoisotopic (exact) mass is 306 g/mol. The SMILES string of the molecule is [Au].[C-]#[N+]C[C-](C)C.[CH-]=C. The molecule has 0 saturated carbocycles. The van der Waals surface area contributed by atoms with Crippen LogP contribution in [0.2, 0.25) is 0 Å². The maximum Gasteiger partial charge on any atom is 0.103 e. The largest absolute Gasteiger partial charge is 0.521 e. The summed E-state index contributed by atoms with van der Waals surface area (Å²) in [6.45, 7) is 17.8. The van der Waals surface area contributed by atoms with Crippen LogP contribution in [0.5, 0.6) is 0 Å². The Morgan fingerprint density at radius 2 is 1.89 bits per heavy atom. The van der Waals surface area contributed by atoms with Crippen molar-refractivity contribution in [1.29, 1.82) is 0 Å². The molecule has 0 N–H and O–H groups in total. The van der Waals surface area contributed by atoms with Gasteiger partial charge >= 0.3 is 0 Å². The van der Waals surface area contributed by atoms with Gasteiger partial charge < -0.3 is 11.4 Å². The molecule has 0 bridgehead atoms. The average molecular weight is 306 g/mol. The molecule has 0 aliphatic rings. The molecule has 1 nitrogen and oxygen atoms in total. The zero-order valence-electron chi connectivity index (χ0n) is 5.74. The average Bonchev–Trinajstić information content (AvgIpc) is 1.72. The van der Waals surface area contributed by atoms with E-state index in [4.69, 9.17) is 6.57 Å². The van der Waals surface area contributed by atoms with Crippen LogP contribution in [0, 0.1) is 19.1 Å². The molecular formula is C7H11AuN-2. The molecule has 0 fully saturated rings. The first-order chi connectivity index (χ1) is 3.77. The van der Waals surface area contributed by atoms with Crippen LogP contribution in [-0.2, 0) is 22.4 Å². The number of rotatable bonds is 1. The van der Waals surface area contributed by atoms with Gasteiger partial charge in [-0.05, 0) is 0 Å². The Balaban J connectivity index is -0.000000109. The van der Waals surface area contributed by atoms with E-state index < -0.39 is 0 Å². The number of hydrogen-bond acceptors (Lipinski definition) is 0. The normalized spacial score (nSPS) is 6.00. The van der Waals surface area contributed by atoms with Crippen LogP contribution in [-0.4, -0.2) is 6.54 Å². The van der Waals surface area contributed by atoms with Gasteiger partial charge in [-0.2, -0.15) is 13.8 Å². The Bertz CT molecular complexity index is 73.5. The van der Waals surface area contributed by atoms with Crippen molar-refractivity contribution in [3.63, 3.8) is 0 Å². The van der Waals surface area contributed by atoms with Gasteiger partial charge in [-0.15, -0.1) is 0 Å². The van der Waals surface area contributed by atoms with Crippen LogP contribution < -0.4 is 0 Å². The summed E-state index contributed by atoms with van der Waals surface area (Å²) < 4.78 is 0. The van der Waals surface area contributed by atoms with Gasteiger partial charge in [0.15, 0.2) is 0 Å². The maximum absolute atomic E-state index is 6.34. The first kappa shape index (κ1) is 16.0. The van der Waals surface area contributed by atoms with Crippen LogP contribution in [0.25, 0.3) is 4.85 Å². The van der Waals surface area contributed by atoms with Crippen LogP contribution >= 0.6 is 0 Å². The second-order valence-corrected chi connectivity index (χ2v) is 1.52. The van der Waals surface area contributed by atoms with Crippen LogP contribution in [0.1, 0.15) is 13.8 Å². The van der Waals surface area contributed by atoms with Gasteiger partial charge in [0, 0.05) is 22.4 Å². The molecule has 1 radical (unpaired) electrons. The summed E-state index contributed by atoms with van der Waals surface area (Å²) in [5.41, 5.74) is 0. The predicted octanol–water partition coefficient (Wildman–Crippen LogP) is 2.12. The molecule has 0 aromatic heterocycles. The minimum atomic E-state index is 0. The van der Waals surface area contributed by atoms with E-state index in [0.717, 1.165) is 0 Å². The number of nitrogens with zero attached hydrogens (tertiary/aromatic N) is 1. The second kappa shape index (κ2) is 15.7. The van der Waals surface area contributed by atoms with Crippen molar-refractivity contribution >= 4 is 0 Å². The third-order valence-electron chi connectivity index (χ3n) is 0.395. The standard InChI is InChI=1S/C5H8N.C2H3.Au/c1-5(2)4-6-3;1-2;/h4H2,1-2H3;1H,2H2;/q2*-1;. The van der Waals surface area contributed by atoms with Crippen molar-refractivity contribution in [2.24, 2.45) is 0 Å². The van der Waals surface area contributed by atoms with Gasteiger partial charge in [0.05, 0.1) is 0 Å². The van der Waals surface area contributed by atoms with Crippen LogP contribution in [0.3, 0.4) is 0 Å². The Kier molecular flexibility index (Phi) is 27.8. The van der Waals surface area contributed by atoms with Gasteiger partial charge in [-0.25, -0.2) is 12.5 Å². The van der Waals surface area contributed by atoms with Gasteiger partial charge in [0.25, 0.3) is 0 Å². The van der Waals surface area contributed by atoms with Gasteiger partial charge in [-0.1, -0.05) is 0 Å². The van der Waals surface area contributed by atoms with Crippen molar-refractivity contribution in [3.8, 4) is 0 Å². The van der Waals surface area contributed by atoms with Crippen molar-refractivity contribution in [2.45, 2.75) is 13.8 Å². The molecule has 0 aromatic rings. The van der Waals surface area contributed by atoms with Gasteiger partial charge in [0.1, 0.15) is 6.54 Å². The van der Waals surface area contributed by atoms with Crippen molar-refractivity contribution in [1.82, 2.24) is 0 Å². The third kappa shape index (κ3) is 32.2. The Hall–Kier alpha value is -0.0297. The molecule has 2 heteroatoms. The molecule has 0 saturated heterocycles. The maximum atomic E-state index is 6.34. The summed E-state index contributed by atoms with van der Waals surface area (Å²) in [5, 5.41) is 0. The molecule has 0 spiro atoms. The third-order valence-corrected chi connectivity index (χ3v) is 0.395. The van der Waals surface area contributed by atoms with E-state index in [9.17, 15) is 0 Å². The minimum Gasteiger partial charge on any atom is -0.521 e. The molecule has 0 aliphatic heterocycles. The van der Waals surface area contributed by atoms with E-state index in [1.807, 2.05) is 13.8 Å². The Morgan fingerprint density at radius 3 is 1.89 bits per heavy atom. The zero-order valence-corrected chi connectivity index (χ0v) is 7.91. The van der Waals surface area contributed by atoms with Gasteiger partial charge in [-0.3, -0.25) is 6.58 Å². The first-order valence-corrected chi connectivity index (χ1v) is 2.30. The first-order valence-electron chi connectivity index (χ1n) is 2.30. The zero-order chi connectivity index (χ0) is 6.99. The summed E-state index contributed by atoms with van der Waals surface area (Å²) >= 11 is 0. The summed E-state index contributed by atoms with van der Waals surface area (Å²) in [4.78, 5) is 3.15. The van der Waals surface area contributed by atoms with Gasteiger partial charge in [0.2, 0.25) is 0 Å². The molecule has 0 atom stereocenters. The molecule has 0 unspecified atom stereocenters. The quantitative estimate of drug-likeness (QED) is 0.516. The van der Waals surface area contributed by atoms with E-state index in [2.05, 4.69) is 18.0 Å². The van der Waals surface area contributed by atoms with E-state index in [-0.39, 0.29) is 22.4 Å². The van der Waals surface area contributed by atoms with E-state index in [1.54, 1.807) is 0 Å². The topological polar surface area (TPSA) is 4.36 Å². The Morgan fingerprint density at radius 1 is 1.56 bits per heavy atom.